The number of carbonyl (C=O) groups is 1. The van der Waals surface area contributed by atoms with Gasteiger partial charge in [-0.3, -0.25) is 0 Å². The number of benzene rings is 2. The van der Waals surface area contributed by atoms with E-state index in [9.17, 15) is 4.79 Å². The zero-order valence-electron chi connectivity index (χ0n) is 15.3. The van der Waals surface area contributed by atoms with Gasteiger partial charge in [-0.05, 0) is 41.6 Å². The van der Waals surface area contributed by atoms with Crippen LogP contribution in [0.1, 0.15) is 5.56 Å². The van der Waals surface area contributed by atoms with Gasteiger partial charge in [-0.25, -0.2) is 4.79 Å². The normalized spacial score (nSPS) is 10.3. The smallest absolute Gasteiger partial charge is 0.319 e. The van der Waals surface area contributed by atoms with E-state index < -0.39 is 0 Å². The molecule has 3 aromatic rings. The predicted octanol–water partition coefficient (Wildman–Crippen LogP) is 4.80. The van der Waals surface area contributed by atoms with Crippen LogP contribution in [0, 0.1) is 0 Å². The SMILES string of the molecule is COc1ccc(CCNC(=O)Nc2ccccc2-c2cccs2)cc1OC. The van der Waals surface area contributed by atoms with Gasteiger partial charge >= 0.3 is 6.03 Å². The molecule has 0 aliphatic heterocycles. The minimum Gasteiger partial charge on any atom is -0.493 e. The second kappa shape index (κ2) is 9.09. The molecule has 6 heteroatoms. The molecule has 27 heavy (non-hydrogen) atoms. The van der Waals surface area contributed by atoms with E-state index in [1.165, 1.54) is 0 Å². The molecule has 2 amide bonds. The number of urea groups is 1. The van der Waals surface area contributed by atoms with Crippen LogP contribution < -0.4 is 20.1 Å². The summed E-state index contributed by atoms with van der Waals surface area (Å²) in [6, 6.07) is 17.4. The predicted molar refractivity (Wildman–Crippen MR) is 110 cm³/mol. The summed E-state index contributed by atoms with van der Waals surface area (Å²) in [4.78, 5) is 13.4. The van der Waals surface area contributed by atoms with Crippen molar-refractivity contribution in [3.63, 3.8) is 0 Å². The van der Waals surface area contributed by atoms with Gasteiger partial charge in [0, 0.05) is 17.0 Å². The summed E-state index contributed by atoms with van der Waals surface area (Å²) in [7, 11) is 3.22. The average molecular weight is 382 g/mol. The minimum absolute atomic E-state index is 0.223. The van der Waals surface area contributed by atoms with Gasteiger partial charge in [0.15, 0.2) is 11.5 Å². The van der Waals surface area contributed by atoms with E-state index in [2.05, 4.69) is 10.6 Å². The van der Waals surface area contributed by atoms with Gasteiger partial charge < -0.3 is 20.1 Å². The van der Waals surface area contributed by atoms with E-state index in [1.54, 1.807) is 25.6 Å². The maximum absolute atomic E-state index is 12.3. The van der Waals surface area contributed by atoms with Crippen molar-refractivity contribution in [3.8, 4) is 21.9 Å². The Morgan fingerprint density at radius 3 is 2.56 bits per heavy atom. The van der Waals surface area contributed by atoms with Gasteiger partial charge in [0.2, 0.25) is 0 Å². The standard InChI is InChI=1S/C21H22N2O3S/c1-25-18-10-9-15(14-19(18)26-2)11-12-22-21(24)23-17-7-4-3-6-16(17)20-8-5-13-27-20/h3-10,13-14H,11-12H2,1-2H3,(H2,22,23,24). The van der Waals surface area contributed by atoms with E-state index in [0.29, 0.717) is 24.5 Å². The fourth-order valence-corrected chi connectivity index (χ4v) is 3.53. The number of thiophene rings is 1. The molecule has 0 atom stereocenters. The van der Waals surface area contributed by atoms with Crippen molar-refractivity contribution >= 4 is 23.1 Å². The third kappa shape index (κ3) is 4.80. The lowest BCUT2D eigenvalue weighted by Gasteiger charge is -2.12. The zero-order valence-corrected chi connectivity index (χ0v) is 16.1. The fraction of sp³-hybridized carbons (Fsp3) is 0.190. The lowest BCUT2D eigenvalue weighted by Crippen LogP contribution is -2.30. The first-order valence-electron chi connectivity index (χ1n) is 8.60. The molecule has 2 aromatic carbocycles. The molecule has 0 fully saturated rings. The number of carbonyl (C=O) groups excluding carboxylic acids is 1. The molecule has 1 heterocycles. The number of nitrogens with one attached hydrogen (secondary N) is 2. The maximum atomic E-state index is 12.3. The molecule has 0 saturated carbocycles. The Morgan fingerprint density at radius 1 is 1.00 bits per heavy atom. The summed E-state index contributed by atoms with van der Waals surface area (Å²) in [6.07, 6.45) is 0.695. The Balaban J connectivity index is 1.57. The van der Waals surface area contributed by atoms with Crippen molar-refractivity contribution in [2.75, 3.05) is 26.1 Å². The van der Waals surface area contributed by atoms with Crippen molar-refractivity contribution in [2.45, 2.75) is 6.42 Å². The number of hydrogen-bond donors (Lipinski definition) is 2. The highest BCUT2D eigenvalue weighted by atomic mass is 32.1. The molecule has 0 unspecified atom stereocenters. The van der Waals surface area contributed by atoms with Crippen LogP contribution >= 0.6 is 11.3 Å². The molecule has 2 N–H and O–H groups in total. The molecule has 0 aliphatic rings. The highest BCUT2D eigenvalue weighted by molar-refractivity contribution is 7.13. The average Bonchev–Trinajstić information content (AvgIpc) is 3.23. The second-order valence-electron chi connectivity index (χ2n) is 5.84. The highest BCUT2D eigenvalue weighted by Crippen LogP contribution is 2.31. The van der Waals surface area contributed by atoms with Crippen LogP contribution in [0.2, 0.25) is 0 Å². The minimum atomic E-state index is -0.223. The van der Waals surface area contributed by atoms with E-state index in [4.69, 9.17) is 9.47 Å². The third-order valence-corrected chi connectivity index (χ3v) is 5.01. The topological polar surface area (TPSA) is 59.6 Å². The number of amides is 2. The molecule has 1 aromatic heterocycles. The fourth-order valence-electron chi connectivity index (χ4n) is 2.76. The van der Waals surface area contributed by atoms with Crippen molar-refractivity contribution in [3.05, 3.63) is 65.5 Å². The first-order chi connectivity index (χ1) is 13.2. The van der Waals surface area contributed by atoms with E-state index >= 15 is 0 Å². The van der Waals surface area contributed by atoms with Gasteiger partial charge in [-0.2, -0.15) is 0 Å². The van der Waals surface area contributed by atoms with Crippen molar-refractivity contribution in [1.29, 1.82) is 0 Å². The molecule has 5 nitrogen and oxygen atoms in total. The Kier molecular flexibility index (Phi) is 6.33. The second-order valence-corrected chi connectivity index (χ2v) is 6.79. The molecule has 0 bridgehead atoms. The molecule has 0 spiro atoms. The van der Waals surface area contributed by atoms with Crippen LogP contribution in [0.4, 0.5) is 10.5 Å². The number of hydrogen-bond acceptors (Lipinski definition) is 4. The Labute approximate surface area is 162 Å². The monoisotopic (exact) mass is 382 g/mol. The van der Waals surface area contributed by atoms with Gasteiger partial charge in [-0.1, -0.05) is 30.3 Å². The lowest BCUT2D eigenvalue weighted by molar-refractivity contribution is 0.252. The van der Waals surface area contributed by atoms with Crippen molar-refractivity contribution in [1.82, 2.24) is 5.32 Å². The zero-order chi connectivity index (χ0) is 19.1. The summed E-state index contributed by atoms with van der Waals surface area (Å²) < 4.78 is 10.5. The van der Waals surface area contributed by atoms with E-state index in [-0.39, 0.29) is 6.03 Å². The Hall–Kier alpha value is -2.99. The largest absolute Gasteiger partial charge is 0.493 e. The Morgan fingerprint density at radius 2 is 1.81 bits per heavy atom. The van der Waals surface area contributed by atoms with Crippen LogP contribution in [0.25, 0.3) is 10.4 Å². The molecular formula is C21H22N2O3S. The quantitative estimate of drug-likeness (QED) is 0.617. The number of anilines is 1. The van der Waals surface area contributed by atoms with Gasteiger partial charge in [0.05, 0.1) is 19.9 Å². The van der Waals surface area contributed by atoms with E-state index in [0.717, 1.165) is 21.7 Å². The first-order valence-corrected chi connectivity index (χ1v) is 9.48. The summed E-state index contributed by atoms with van der Waals surface area (Å²) >= 11 is 1.65. The number of para-hydroxylation sites is 1. The number of ether oxygens (including phenoxy) is 2. The van der Waals surface area contributed by atoms with Gasteiger partial charge in [0.1, 0.15) is 0 Å². The molecule has 0 saturated heterocycles. The molecular weight excluding hydrogens is 360 g/mol. The third-order valence-electron chi connectivity index (χ3n) is 4.11. The number of rotatable bonds is 7. The molecule has 140 valence electrons. The summed E-state index contributed by atoms with van der Waals surface area (Å²) in [6.45, 7) is 0.516. The van der Waals surface area contributed by atoms with Gasteiger partial charge in [0.25, 0.3) is 0 Å². The summed E-state index contributed by atoms with van der Waals surface area (Å²) in [5, 5.41) is 7.86. The summed E-state index contributed by atoms with van der Waals surface area (Å²) in [5.41, 5.74) is 2.87. The summed E-state index contributed by atoms with van der Waals surface area (Å²) in [5.74, 6) is 1.38. The molecule has 0 aliphatic carbocycles. The molecule has 0 radical (unpaired) electrons. The first kappa shape index (κ1) is 18.8. The van der Waals surface area contributed by atoms with Crippen LogP contribution in [0.3, 0.4) is 0 Å². The van der Waals surface area contributed by atoms with Crippen molar-refractivity contribution < 1.29 is 14.3 Å². The highest BCUT2D eigenvalue weighted by Gasteiger charge is 2.09. The number of methoxy groups -OCH3 is 2. The maximum Gasteiger partial charge on any atom is 0.319 e. The van der Waals surface area contributed by atoms with E-state index in [1.807, 2.05) is 60.0 Å². The van der Waals surface area contributed by atoms with Crippen LogP contribution in [0.5, 0.6) is 11.5 Å². The molecule has 3 rings (SSSR count). The van der Waals surface area contributed by atoms with Gasteiger partial charge in [-0.15, -0.1) is 11.3 Å². The Bertz CT molecular complexity index is 894. The lowest BCUT2D eigenvalue weighted by atomic mass is 10.1. The van der Waals surface area contributed by atoms with Crippen molar-refractivity contribution in [2.24, 2.45) is 0 Å². The van der Waals surface area contributed by atoms with Crippen LogP contribution in [-0.2, 0) is 6.42 Å². The van der Waals surface area contributed by atoms with Crippen LogP contribution in [0.15, 0.2) is 60.0 Å². The van der Waals surface area contributed by atoms with Crippen LogP contribution in [-0.4, -0.2) is 26.8 Å².